The molecule has 1 N–H and O–H groups in total. The molecule has 1 aromatic rings. The predicted molar refractivity (Wildman–Crippen MR) is 78.4 cm³/mol. The van der Waals surface area contributed by atoms with E-state index in [1.165, 1.54) is 11.3 Å². The fraction of sp³-hybridized carbons (Fsp3) is 0.600. The Hall–Kier alpha value is -1.06. The summed E-state index contributed by atoms with van der Waals surface area (Å²) in [5.74, 6) is 0. The van der Waals surface area contributed by atoms with Crippen molar-refractivity contribution >= 4 is 5.69 Å². The third-order valence-electron chi connectivity index (χ3n) is 3.80. The second-order valence-corrected chi connectivity index (χ2v) is 5.19. The van der Waals surface area contributed by atoms with Gasteiger partial charge >= 0.3 is 0 Å². The topological polar surface area (TPSA) is 18.5 Å². The molecule has 100 valence electrons. The SMILES string of the molecule is CCc1ccc(N2CCN(C)CC2CNC)cc1. The minimum absolute atomic E-state index is 0.571. The summed E-state index contributed by atoms with van der Waals surface area (Å²) in [5.41, 5.74) is 2.78. The van der Waals surface area contributed by atoms with Crippen molar-refractivity contribution in [3.63, 3.8) is 0 Å². The molecule has 0 aromatic heterocycles. The first kappa shape index (κ1) is 13.4. The number of rotatable bonds is 4. The quantitative estimate of drug-likeness (QED) is 0.871. The fourth-order valence-electron chi connectivity index (χ4n) is 2.68. The molecule has 0 aliphatic carbocycles. The lowest BCUT2D eigenvalue weighted by molar-refractivity contribution is 0.265. The summed E-state index contributed by atoms with van der Waals surface area (Å²) in [6.07, 6.45) is 1.11. The van der Waals surface area contributed by atoms with Crippen molar-refractivity contribution in [2.24, 2.45) is 0 Å². The van der Waals surface area contributed by atoms with E-state index in [1.807, 2.05) is 7.05 Å². The van der Waals surface area contributed by atoms with E-state index in [-0.39, 0.29) is 0 Å². The zero-order chi connectivity index (χ0) is 13.0. The van der Waals surface area contributed by atoms with E-state index in [0.29, 0.717) is 6.04 Å². The molecule has 2 rings (SSSR count). The first-order chi connectivity index (χ1) is 8.74. The molecule has 1 aliphatic heterocycles. The maximum Gasteiger partial charge on any atom is 0.0541 e. The Morgan fingerprint density at radius 2 is 1.94 bits per heavy atom. The first-order valence-electron chi connectivity index (χ1n) is 6.93. The number of nitrogens with one attached hydrogen (secondary N) is 1. The molecule has 0 saturated carbocycles. The Labute approximate surface area is 111 Å². The zero-order valence-corrected chi connectivity index (χ0v) is 11.8. The molecule has 0 bridgehead atoms. The molecular weight excluding hydrogens is 222 g/mol. The highest BCUT2D eigenvalue weighted by Gasteiger charge is 2.24. The zero-order valence-electron chi connectivity index (χ0n) is 11.8. The van der Waals surface area contributed by atoms with E-state index in [2.05, 4.69) is 53.4 Å². The molecule has 1 aromatic carbocycles. The van der Waals surface area contributed by atoms with Crippen molar-refractivity contribution in [1.82, 2.24) is 10.2 Å². The Balaban J connectivity index is 2.12. The summed E-state index contributed by atoms with van der Waals surface area (Å²) in [7, 11) is 4.24. The average Bonchev–Trinajstić information content (AvgIpc) is 2.40. The van der Waals surface area contributed by atoms with Crippen LogP contribution in [0.1, 0.15) is 12.5 Å². The molecule has 0 radical (unpaired) electrons. The van der Waals surface area contributed by atoms with Gasteiger partial charge in [-0.05, 0) is 38.2 Å². The first-order valence-corrected chi connectivity index (χ1v) is 6.93. The van der Waals surface area contributed by atoms with Crippen LogP contribution >= 0.6 is 0 Å². The highest BCUT2D eigenvalue weighted by molar-refractivity contribution is 5.49. The van der Waals surface area contributed by atoms with Crippen LogP contribution in [-0.4, -0.2) is 51.2 Å². The second-order valence-electron chi connectivity index (χ2n) is 5.19. The van der Waals surface area contributed by atoms with Gasteiger partial charge in [-0.25, -0.2) is 0 Å². The number of anilines is 1. The molecule has 18 heavy (non-hydrogen) atoms. The van der Waals surface area contributed by atoms with Crippen molar-refractivity contribution in [1.29, 1.82) is 0 Å². The molecule has 1 unspecified atom stereocenters. The molecule has 1 heterocycles. The van der Waals surface area contributed by atoms with Gasteiger partial charge < -0.3 is 15.1 Å². The van der Waals surface area contributed by atoms with Gasteiger partial charge in [0.1, 0.15) is 0 Å². The molecular formula is C15H25N3. The lowest BCUT2D eigenvalue weighted by Gasteiger charge is -2.41. The lowest BCUT2D eigenvalue weighted by atomic mass is 10.1. The Kier molecular flexibility index (Phi) is 4.61. The van der Waals surface area contributed by atoms with Crippen LogP contribution in [0.4, 0.5) is 5.69 Å². The average molecular weight is 247 g/mol. The van der Waals surface area contributed by atoms with Gasteiger partial charge in [0.15, 0.2) is 0 Å². The van der Waals surface area contributed by atoms with Crippen LogP contribution in [-0.2, 0) is 6.42 Å². The third-order valence-corrected chi connectivity index (χ3v) is 3.80. The van der Waals surface area contributed by atoms with Crippen LogP contribution in [0.2, 0.25) is 0 Å². The van der Waals surface area contributed by atoms with Crippen molar-refractivity contribution in [3.8, 4) is 0 Å². The molecule has 1 saturated heterocycles. The number of benzene rings is 1. The lowest BCUT2D eigenvalue weighted by Crippen LogP contribution is -2.55. The minimum atomic E-state index is 0.571. The Morgan fingerprint density at radius 3 is 2.56 bits per heavy atom. The summed E-state index contributed by atoms with van der Waals surface area (Å²) in [6.45, 7) is 6.65. The summed E-state index contributed by atoms with van der Waals surface area (Å²) in [5, 5.41) is 3.31. The number of nitrogens with zero attached hydrogens (tertiary/aromatic N) is 2. The van der Waals surface area contributed by atoms with E-state index in [0.717, 1.165) is 32.6 Å². The summed E-state index contributed by atoms with van der Waals surface area (Å²) in [4.78, 5) is 4.95. The molecule has 3 heteroatoms. The van der Waals surface area contributed by atoms with Crippen LogP contribution in [0.15, 0.2) is 24.3 Å². The van der Waals surface area contributed by atoms with E-state index < -0.39 is 0 Å². The summed E-state index contributed by atoms with van der Waals surface area (Å²) < 4.78 is 0. The smallest absolute Gasteiger partial charge is 0.0541 e. The predicted octanol–water partition coefficient (Wildman–Crippen LogP) is 1.59. The van der Waals surface area contributed by atoms with Gasteiger partial charge in [0.25, 0.3) is 0 Å². The van der Waals surface area contributed by atoms with Crippen LogP contribution < -0.4 is 10.2 Å². The van der Waals surface area contributed by atoms with Crippen molar-refractivity contribution in [2.75, 3.05) is 45.2 Å². The summed E-state index contributed by atoms with van der Waals surface area (Å²) in [6, 6.07) is 9.62. The van der Waals surface area contributed by atoms with Gasteiger partial charge in [0, 0.05) is 31.9 Å². The van der Waals surface area contributed by atoms with Gasteiger partial charge in [0.05, 0.1) is 6.04 Å². The summed E-state index contributed by atoms with van der Waals surface area (Å²) >= 11 is 0. The van der Waals surface area contributed by atoms with Gasteiger partial charge in [-0.1, -0.05) is 19.1 Å². The maximum absolute atomic E-state index is 3.31. The third kappa shape index (κ3) is 3.03. The number of aryl methyl sites for hydroxylation is 1. The second kappa shape index (κ2) is 6.21. The van der Waals surface area contributed by atoms with E-state index in [4.69, 9.17) is 0 Å². The normalized spacial score (nSPS) is 21.3. The number of piperazine rings is 1. The van der Waals surface area contributed by atoms with Gasteiger partial charge in [0.2, 0.25) is 0 Å². The highest BCUT2D eigenvalue weighted by Crippen LogP contribution is 2.20. The van der Waals surface area contributed by atoms with Gasteiger partial charge in [-0.2, -0.15) is 0 Å². The van der Waals surface area contributed by atoms with E-state index >= 15 is 0 Å². The molecule has 0 spiro atoms. The van der Waals surface area contributed by atoms with Crippen LogP contribution in [0.3, 0.4) is 0 Å². The molecule has 1 atom stereocenters. The van der Waals surface area contributed by atoms with Crippen LogP contribution in [0, 0.1) is 0 Å². The monoisotopic (exact) mass is 247 g/mol. The van der Waals surface area contributed by atoms with Gasteiger partial charge in [-0.3, -0.25) is 0 Å². The molecule has 3 nitrogen and oxygen atoms in total. The number of hydrogen-bond acceptors (Lipinski definition) is 3. The highest BCUT2D eigenvalue weighted by atomic mass is 15.3. The fourth-order valence-corrected chi connectivity index (χ4v) is 2.68. The Morgan fingerprint density at radius 1 is 1.22 bits per heavy atom. The molecule has 1 aliphatic rings. The number of likely N-dealkylation sites (N-methyl/N-ethyl adjacent to an activating group) is 2. The maximum atomic E-state index is 3.31. The van der Waals surface area contributed by atoms with Gasteiger partial charge in [-0.15, -0.1) is 0 Å². The van der Waals surface area contributed by atoms with E-state index in [9.17, 15) is 0 Å². The van der Waals surface area contributed by atoms with Crippen molar-refractivity contribution < 1.29 is 0 Å². The molecule has 0 amide bonds. The Bertz CT molecular complexity index is 361. The van der Waals surface area contributed by atoms with Crippen molar-refractivity contribution in [2.45, 2.75) is 19.4 Å². The van der Waals surface area contributed by atoms with E-state index in [1.54, 1.807) is 0 Å². The number of hydrogen-bond donors (Lipinski definition) is 1. The van der Waals surface area contributed by atoms with Crippen LogP contribution in [0.25, 0.3) is 0 Å². The largest absolute Gasteiger partial charge is 0.365 e. The van der Waals surface area contributed by atoms with Crippen molar-refractivity contribution in [3.05, 3.63) is 29.8 Å². The van der Waals surface area contributed by atoms with Crippen LogP contribution in [0.5, 0.6) is 0 Å². The minimum Gasteiger partial charge on any atom is -0.365 e. The molecule has 1 fully saturated rings. The standard InChI is InChI=1S/C15H25N3/c1-4-13-5-7-14(8-6-13)18-10-9-17(3)12-15(18)11-16-2/h5-8,15-16H,4,9-12H2,1-3H3.